The van der Waals surface area contributed by atoms with Gasteiger partial charge in [-0.25, -0.2) is 8.42 Å². The highest BCUT2D eigenvalue weighted by atomic mass is 32.2. The number of methoxy groups -OCH3 is 1. The minimum Gasteiger partial charge on any atom is -0.496 e. The molecular formula is C29H38N4O5S. The third-order valence-electron chi connectivity index (χ3n) is 7.24. The van der Waals surface area contributed by atoms with Crippen molar-refractivity contribution in [1.29, 1.82) is 0 Å². The topological polar surface area (TPSA) is 105 Å². The maximum atomic E-state index is 12.9. The Morgan fingerprint density at radius 1 is 1.10 bits per heavy atom. The second-order valence-electron chi connectivity index (χ2n) is 10.1. The fraction of sp³-hybridized carbons (Fsp3) is 0.448. The number of hydrogen-bond donors (Lipinski definition) is 1. The molecular weight excluding hydrogens is 516 g/mol. The van der Waals surface area contributed by atoms with E-state index < -0.39 is 16.1 Å². The highest BCUT2D eigenvalue weighted by molar-refractivity contribution is 7.88. The molecule has 0 saturated carbocycles. The van der Waals surface area contributed by atoms with E-state index in [1.807, 2.05) is 56.3 Å². The molecule has 1 atom stereocenters. The lowest BCUT2D eigenvalue weighted by Crippen LogP contribution is -2.38. The van der Waals surface area contributed by atoms with Crippen LogP contribution in [0.1, 0.15) is 52.6 Å². The normalized spacial score (nSPS) is 18.4. The SMILES string of the molecule is COc1ccc(CN2CCCN(S(C)(=O)=O)C(c3ccccc3)CC(=O)NCC2)cc1Cc1c(C)noc1C. The second kappa shape index (κ2) is 12.8. The van der Waals surface area contributed by atoms with Crippen molar-refractivity contribution in [3.05, 3.63) is 82.2 Å². The van der Waals surface area contributed by atoms with Crippen LogP contribution in [0.4, 0.5) is 0 Å². The predicted octanol–water partition coefficient (Wildman–Crippen LogP) is 3.61. The van der Waals surface area contributed by atoms with Crippen LogP contribution in [0.2, 0.25) is 0 Å². The van der Waals surface area contributed by atoms with Gasteiger partial charge in [-0.1, -0.05) is 47.6 Å². The average molecular weight is 555 g/mol. The molecule has 1 fully saturated rings. The average Bonchev–Trinajstić information content (AvgIpc) is 3.20. The fourth-order valence-electron chi connectivity index (χ4n) is 5.21. The monoisotopic (exact) mass is 554 g/mol. The number of benzene rings is 2. The number of carbonyl (C=O) groups is 1. The molecule has 10 heteroatoms. The Morgan fingerprint density at radius 3 is 2.54 bits per heavy atom. The number of amides is 1. The van der Waals surface area contributed by atoms with Gasteiger partial charge in [0.1, 0.15) is 11.5 Å². The summed E-state index contributed by atoms with van der Waals surface area (Å²) in [5.41, 5.74) is 4.90. The van der Waals surface area contributed by atoms with Crippen LogP contribution in [0.5, 0.6) is 5.75 Å². The van der Waals surface area contributed by atoms with E-state index in [2.05, 4.69) is 21.4 Å². The van der Waals surface area contributed by atoms with Crippen LogP contribution in [0, 0.1) is 13.8 Å². The fourth-order valence-corrected chi connectivity index (χ4v) is 6.33. The first kappa shape index (κ1) is 28.8. The Morgan fingerprint density at radius 2 is 1.87 bits per heavy atom. The summed E-state index contributed by atoms with van der Waals surface area (Å²) >= 11 is 0. The molecule has 1 aliphatic rings. The van der Waals surface area contributed by atoms with Gasteiger partial charge in [0.2, 0.25) is 15.9 Å². The first-order chi connectivity index (χ1) is 18.7. The van der Waals surface area contributed by atoms with Crippen molar-refractivity contribution in [3.63, 3.8) is 0 Å². The third kappa shape index (κ3) is 7.46. The summed E-state index contributed by atoms with van der Waals surface area (Å²) in [7, 11) is -1.87. The maximum absolute atomic E-state index is 12.9. The molecule has 1 saturated heterocycles. The number of aryl methyl sites for hydroxylation is 2. The van der Waals surface area contributed by atoms with Crippen LogP contribution in [0.3, 0.4) is 0 Å². The number of carbonyl (C=O) groups excluding carboxylic acids is 1. The molecule has 3 aromatic rings. The Bertz CT molecular complexity index is 1350. The zero-order valence-corrected chi connectivity index (χ0v) is 24.0. The van der Waals surface area contributed by atoms with E-state index in [-0.39, 0.29) is 12.3 Å². The van der Waals surface area contributed by atoms with E-state index in [9.17, 15) is 13.2 Å². The van der Waals surface area contributed by atoms with Crippen LogP contribution in [0.25, 0.3) is 0 Å². The van der Waals surface area contributed by atoms with Crippen LogP contribution in [0.15, 0.2) is 53.1 Å². The summed E-state index contributed by atoms with van der Waals surface area (Å²) in [6.45, 7) is 6.68. The van der Waals surface area contributed by atoms with Gasteiger partial charge < -0.3 is 14.6 Å². The van der Waals surface area contributed by atoms with Gasteiger partial charge in [0.05, 0.1) is 25.1 Å². The second-order valence-corrected chi connectivity index (χ2v) is 12.0. The number of nitrogens with one attached hydrogen (secondary N) is 1. The molecule has 0 aliphatic carbocycles. The van der Waals surface area contributed by atoms with Crippen LogP contribution in [-0.2, 0) is 27.8 Å². The lowest BCUT2D eigenvalue weighted by molar-refractivity contribution is -0.122. The van der Waals surface area contributed by atoms with Crippen molar-refractivity contribution in [3.8, 4) is 5.75 Å². The van der Waals surface area contributed by atoms with Crippen molar-refractivity contribution in [2.45, 2.75) is 45.7 Å². The molecule has 0 radical (unpaired) electrons. The largest absolute Gasteiger partial charge is 0.496 e. The van der Waals surface area contributed by atoms with E-state index in [1.54, 1.807) is 7.11 Å². The lowest BCUT2D eigenvalue weighted by atomic mass is 10.0. The maximum Gasteiger partial charge on any atom is 0.222 e. The quantitative estimate of drug-likeness (QED) is 0.476. The molecule has 4 rings (SSSR count). The first-order valence-electron chi connectivity index (χ1n) is 13.2. The van der Waals surface area contributed by atoms with Gasteiger partial charge in [-0.3, -0.25) is 9.69 Å². The molecule has 1 N–H and O–H groups in total. The van der Waals surface area contributed by atoms with E-state index in [0.717, 1.165) is 39.5 Å². The molecule has 2 heterocycles. The number of sulfonamides is 1. The highest BCUT2D eigenvalue weighted by Crippen LogP contribution is 2.28. The zero-order valence-electron chi connectivity index (χ0n) is 23.1. The number of hydrogen-bond acceptors (Lipinski definition) is 7. The molecule has 1 aliphatic heterocycles. The van der Waals surface area contributed by atoms with E-state index >= 15 is 0 Å². The summed E-state index contributed by atoms with van der Waals surface area (Å²) in [6.07, 6.45) is 2.60. The highest BCUT2D eigenvalue weighted by Gasteiger charge is 2.30. The zero-order chi connectivity index (χ0) is 28.0. The molecule has 210 valence electrons. The van der Waals surface area contributed by atoms with E-state index in [0.29, 0.717) is 45.6 Å². The van der Waals surface area contributed by atoms with Gasteiger partial charge in [-0.15, -0.1) is 0 Å². The molecule has 1 aromatic heterocycles. The van der Waals surface area contributed by atoms with Crippen molar-refractivity contribution >= 4 is 15.9 Å². The summed E-state index contributed by atoms with van der Waals surface area (Å²) < 4.78 is 38.1. The molecule has 0 bridgehead atoms. The molecule has 1 unspecified atom stereocenters. The van der Waals surface area contributed by atoms with E-state index in [4.69, 9.17) is 9.26 Å². The number of rotatable bonds is 7. The lowest BCUT2D eigenvalue weighted by Gasteiger charge is -2.30. The molecule has 2 aromatic carbocycles. The van der Waals surface area contributed by atoms with Gasteiger partial charge in [-0.05, 0) is 49.6 Å². The van der Waals surface area contributed by atoms with Gasteiger partial charge in [0.25, 0.3) is 0 Å². The van der Waals surface area contributed by atoms with Gasteiger partial charge >= 0.3 is 0 Å². The van der Waals surface area contributed by atoms with Gasteiger partial charge in [0.15, 0.2) is 0 Å². The van der Waals surface area contributed by atoms with Crippen molar-refractivity contribution in [2.24, 2.45) is 0 Å². The van der Waals surface area contributed by atoms with Gasteiger partial charge in [0, 0.05) is 44.6 Å². The summed E-state index contributed by atoms with van der Waals surface area (Å²) in [5, 5.41) is 7.08. The molecule has 0 spiro atoms. The van der Waals surface area contributed by atoms with E-state index in [1.165, 1.54) is 10.6 Å². The van der Waals surface area contributed by atoms with Crippen LogP contribution < -0.4 is 10.1 Å². The van der Waals surface area contributed by atoms with Crippen molar-refractivity contribution in [2.75, 3.05) is 39.5 Å². The smallest absolute Gasteiger partial charge is 0.222 e. The Kier molecular flexibility index (Phi) is 9.42. The number of ether oxygens (including phenoxy) is 1. The third-order valence-corrected chi connectivity index (χ3v) is 8.53. The molecule has 39 heavy (non-hydrogen) atoms. The standard InChI is InChI=1S/C29H38N4O5S/c1-21-26(22(2)38-31-21)18-25-17-23(11-12-28(25)37-3)20-32-14-8-15-33(39(4,35)36)27(19-29(34)30-13-16-32)24-9-6-5-7-10-24/h5-7,9-12,17,27H,8,13-16,18-20H2,1-4H3,(H,30,34). The van der Waals surface area contributed by atoms with Crippen LogP contribution >= 0.6 is 0 Å². The number of nitrogens with zero attached hydrogens (tertiary/aromatic N) is 3. The van der Waals surface area contributed by atoms with Crippen molar-refractivity contribution < 1.29 is 22.5 Å². The molecule has 9 nitrogen and oxygen atoms in total. The minimum absolute atomic E-state index is 0.0840. The van der Waals surface area contributed by atoms with Crippen LogP contribution in [-0.4, -0.2) is 68.2 Å². The van der Waals surface area contributed by atoms with Gasteiger partial charge in [-0.2, -0.15) is 4.31 Å². The minimum atomic E-state index is -3.54. The molecule has 1 amide bonds. The first-order valence-corrected chi connectivity index (χ1v) is 15.1. The Balaban J connectivity index is 1.53. The summed E-state index contributed by atoms with van der Waals surface area (Å²) in [5.74, 6) is 1.44. The Hall–Kier alpha value is -3.21. The number of aromatic nitrogens is 1. The summed E-state index contributed by atoms with van der Waals surface area (Å²) in [4.78, 5) is 15.1. The predicted molar refractivity (Wildman–Crippen MR) is 150 cm³/mol. The Labute approximate surface area is 231 Å². The summed E-state index contributed by atoms with van der Waals surface area (Å²) in [6, 6.07) is 15.0. The van der Waals surface area contributed by atoms with Crippen molar-refractivity contribution in [1.82, 2.24) is 19.7 Å².